The summed E-state index contributed by atoms with van der Waals surface area (Å²) >= 11 is 6.60. The number of rotatable bonds is 5. The summed E-state index contributed by atoms with van der Waals surface area (Å²) in [6, 6.07) is 12.6. The Hall–Kier alpha value is -2.70. The summed E-state index contributed by atoms with van der Waals surface area (Å²) in [6.07, 6.45) is 8.17. The zero-order valence-corrected chi connectivity index (χ0v) is 18.4. The van der Waals surface area contributed by atoms with Crippen LogP contribution in [0.3, 0.4) is 0 Å². The first-order valence-corrected chi connectivity index (χ1v) is 11.1. The van der Waals surface area contributed by atoms with Crippen LogP contribution in [0.2, 0.25) is 5.02 Å². The van der Waals surface area contributed by atoms with Gasteiger partial charge in [-0.15, -0.1) is 0 Å². The van der Waals surface area contributed by atoms with E-state index in [2.05, 4.69) is 6.07 Å². The predicted molar refractivity (Wildman–Crippen MR) is 124 cm³/mol. The highest BCUT2D eigenvalue weighted by atomic mass is 35.5. The molecule has 6 heteroatoms. The second kappa shape index (κ2) is 8.34. The molecule has 1 aliphatic heterocycles. The number of carbonyl (C=O) groups excluding carboxylic acids is 1. The molecule has 32 heavy (non-hydrogen) atoms. The minimum atomic E-state index is -1.56. The van der Waals surface area contributed by atoms with Crippen molar-refractivity contribution in [1.29, 1.82) is 0 Å². The van der Waals surface area contributed by atoms with E-state index in [1.165, 1.54) is 5.56 Å². The molecule has 5 nitrogen and oxygen atoms in total. The van der Waals surface area contributed by atoms with Crippen LogP contribution in [-0.4, -0.2) is 29.3 Å². The number of amides is 1. The first kappa shape index (κ1) is 21.2. The average molecular weight is 450 g/mol. The lowest BCUT2D eigenvalue weighted by Gasteiger charge is -2.26. The molecule has 3 aliphatic rings. The zero-order chi connectivity index (χ0) is 22.4. The van der Waals surface area contributed by atoms with E-state index in [0.717, 1.165) is 24.1 Å². The molecule has 0 aromatic heterocycles. The summed E-state index contributed by atoms with van der Waals surface area (Å²) in [5.41, 5.74) is 4.57. The molecule has 2 aliphatic carbocycles. The van der Waals surface area contributed by atoms with Gasteiger partial charge in [0.2, 0.25) is 0 Å². The molecule has 1 amide bonds. The highest BCUT2D eigenvalue weighted by molar-refractivity contribution is 6.32. The molecule has 2 aromatic carbocycles. The average Bonchev–Trinajstić information content (AvgIpc) is 3.60. The van der Waals surface area contributed by atoms with E-state index in [-0.39, 0.29) is 17.9 Å². The van der Waals surface area contributed by atoms with E-state index >= 15 is 0 Å². The SMILES string of the molecule is COC1C=CC=C2C1/C(=C/c1c(Cl)cccc1C1CC1)C(=O)N2c1ccc(C(O)O)cc1. The molecule has 1 heterocycles. The van der Waals surface area contributed by atoms with Crippen LogP contribution in [0, 0.1) is 5.92 Å². The topological polar surface area (TPSA) is 70.0 Å². The van der Waals surface area contributed by atoms with Gasteiger partial charge in [0.05, 0.1) is 12.0 Å². The molecule has 2 N–H and O–H groups in total. The standard InChI is InChI=1S/C26H24ClNO4/c1-32-23-7-3-6-22-24(23)20(14-19-18(15-8-9-15)4-2-5-21(19)27)25(29)28(22)17-12-10-16(11-13-17)26(30)31/h2-7,10-15,23-24,26,30-31H,8-9H2,1H3/b20-14-. The first-order chi connectivity index (χ1) is 15.5. The number of hydrogen-bond donors (Lipinski definition) is 2. The zero-order valence-electron chi connectivity index (χ0n) is 17.6. The number of ether oxygens (including phenoxy) is 1. The molecule has 2 fully saturated rings. The van der Waals surface area contributed by atoms with E-state index in [9.17, 15) is 15.0 Å². The second-order valence-corrected chi connectivity index (χ2v) is 8.78. The Balaban J connectivity index is 1.62. The molecular weight excluding hydrogens is 426 g/mol. The summed E-state index contributed by atoms with van der Waals surface area (Å²) in [6.45, 7) is 0. The van der Waals surface area contributed by atoms with Crippen LogP contribution in [0.1, 0.15) is 41.7 Å². The molecule has 164 valence electrons. The number of halogens is 1. The number of benzene rings is 2. The van der Waals surface area contributed by atoms with Gasteiger partial charge >= 0.3 is 0 Å². The summed E-state index contributed by atoms with van der Waals surface area (Å²) in [4.78, 5) is 15.4. The summed E-state index contributed by atoms with van der Waals surface area (Å²) in [5, 5.41) is 19.5. The first-order valence-electron chi connectivity index (χ1n) is 10.7. The highest BCUT2D eigenvalue weighted by Gasteiger charge is 2.45. The summed E-state index contributed by atoms with van der Waals surface area (Å²) < 4.78 is 5.73. The van der Waals surface area contributed by atoms with Gasteiger partial charge in [0.15, 0.2) is 6.29 Å². The molecule has 1 saturated heterocycles. The van der Waals surface area contributed by atoms with Crippen molar-refractivity contribution in [2.45, 2.75) is 31.2 Å². The largest absolute Gasteiger partial charge is 0.376 e. The molecule has 2 aromatic rings. The van der Waals surface area contributed by atoms with Crippen molar-refractivity contribution in [3.05, 3.63) is 93.7 Å². The number of anilines is 1. The second-order valence-electron chi connectivity index (χ2n) is 8.38. The Kier molecular flexibility index (Phi) is 5.51. The Morgan fingerprint density at radius 3 is 2.56 bits per heavy atom. The maximum absolute atomic E-state index is 13.8. The van der Waals surface area contributed by atoms with Crippen LogP contribution in [0.25, 0.3) is 6.08 Å². The third kappa shape index (κ3) is 3.61. The minimum Gasteiger partial charge on any atom is -0.376 e. The lowest BCUT2D eigenvalue weighted by molar-refractivity contribution is -0.114. The number of hydrogen-bond acceptors (Lipinski definition) is 4. The Bertz CT molecular complexity index is 1140. The monoisotopic (exact) mass is 449 g/mol. The molecule has 2 atom stereocenters. The van der Waals surface area contributed by atoms with Crippen molar-refractivity contribution in [3.63, 3.8) is 0 Å². The fraction of sp³-hybridized carbons (Fsp3) is 0.269. The van der Waals surface area contributed by atoms with Crippen molar-refractivity contribution in [2.75, 3.05) is 12.0 Å². The van der Waals surface area contributed by atoms with Gasteiger partial charge in [0, 0.05) is 34.7 Å². The molecule has 1 saturated carbocycles. The van der Waals surface area contributed by atoms with Crippen LogP contribution >= 0.6 is 11.6 Å². The fourth-order valence-electron chi connectivity index (χ4n) is 4.62. The number of fused-ring (bicyclic) bond motifs is 1. The minimum absolute atomic E-state index is 0.133. The van der Waals surface area contributed by atoms with Gasteiger partial charge in [0.1, 0.15) is 0 Å². The van der Waals surface area contributed by atoms with Crippen LogP contribution in [0.4, 0.5) is 5.69 Å². The fourth-order valence-corrected chi connectivity index (χ4v) is 4.85. The third-order valence-corrected chi connectivity index (χ3v) is 6.71. The molecule has 5 rings (SSSR count). The van der Waals surface area contributed by atoms with E-state index < -0.39 is 6.29 Å². The third-order valence-electron chi connectivity index (χ3n) is 6.38. The number of aliphatic hydroxyl groups is 2. The van der Waals surface area contributed by atoms with Crippen molar-refractivity contribution in [1.82, 2.24) is 0 Å². The Morgan fingerprint density at radius 1 is 1.16 bits per heavy atom. The maximum Gasteiger partial charge on any atom is 0.259 e. The van der Waals surface area contributed by atoms with E-state index in [0.29, 0.717) is 27.8 Å². The van der Waals surface area contributed by atoms with Gasteiger partial charge in [-0.2, -0.15) is 0 Å². The van der Waals surface area contributed by atoms with Gasteiger partial charge in [0.25, 0.3) is 5.91 Å². The number of methoxy groups -OCH3 is 1. The van der Waals surface area contributed by atoms with Crippen molar-refractivity contribution in [3.8, 4) is 0 Å². The maximum atomic E-state index is 13.8. The van der Waals surface area contributed by atoms with Gasteiger partial charge in [-0.25, -0.2) is 0 Å². The van der Waals surface area contributed by atoms with E-state index in [4.69, 9.17) is 16.3 Å². The smallest absolute Gasteiger partial charge is 0.259 e. The number of allylic oxidation sites excluding steroid dienone is 2. The number of carbonyl (C=O) groups is 1. The molecule has 0 spiro atoms. The Labute approximate surface area is 191 Å². The normalized spacial score (nSPS) is 23.8. The lowest BCUT2D eigenvalue weighted by Crippen LogP contribution is -2.27. The van der Waals surface area contributed by atoms with Gasteiger partial charge < -0.3 is 14.9 Å². The van der Waals surface area contributed by atoms with Crippen molar-refractivity contribution in [2.24, 2.45) is 5.92 Å². The van der Waals surface area contributed by atoms with Crippen LogP contribution in [0.5, 0.6) is 0 Å². The summed E-state index contributed by atoms with van der Waals surface area (Å²) in [5.74, 6) is 0.0972. The van der Waals surface area contributed by atoms with Crippen LogP contribution < -0.4 is 4.90 Å². The molecular formula is C26H24ClNO4. The highest BCUT2D eigenvalue weighted by Crippen LogP contribution is 2.47. The van der Waals surface area contributed by atoms with Gasteiger partial charge in [-0.1, -0.05) is 48.0 Å². The van der Waals surface area contributed by atoms with Gasteiger partial charge in [-0.05, 0) is 60.2 Å². The van der Waals surface area contributed by atoms with Crippen LogP contribution in [0.15, 0.2) is 72.0 Å². The van der Waals surface area contributed by atoms with Crippen molar-refractivity contribution < 1.29 is 19.7 Å². The number of aliphatic hydroxyl groups excluding tert-OH is 1. The van der Waals surface area contributed by atoms with E-state index in [1.807, 2.05) is 36.4 Å². The predicted octanol–water partition coefficient (Wildman–Crippen LogP) is 4.72. The lowest BCUT2D eigenvalue weighted by atomic mass is 9.88. The molecule has 0 bridgehead atoms. The summed E-state index contributed by atoms with van der Waals surface area (Å²) in [7, 11) is 1.64. The molecule has 2 unspecified atom stereocenters. The van der Waals surface area contributed by atoms with Gasteiger partial charge in [-0.3, -0.25) is 9.69 Å². The van der Waals surface area contributed by atoms with Crippen LogP contribution in [-0.2, 0) is 9.53 Å². The van der Waals surface area contributed by atoms with Crippen molar-refractivity contribution >= 4 is 29.3 Å². The van der Waals surface area contributed by atoms with E-state index in [1.54, 1.807) is 36.3 Å². The molecule has 0 radical (unpaired) electrons. The quantitative estimate of drug-likeness (QED) is 0.512. The Morgan fingerprint density at radius 2 is 1.91 bits per heavy atom. The number of nitrogens with zero attached hydrogens (tertiary/aromatic N) is 1.